The van der Waals surface area contributed by atoms with Crippen molar-refractivity contribution in [2.75, 3.05) is 20.8 Å². The first-order chi connectivity index (χ1) is 13.1. The van der Waals surface area contributed by atoms with Gasteiger partial charge in [0.15, 0.2) is 11.5 Å². The van der Waals surface area contributed by atoms with E-state index in [1.54, 1.807) is 32.4 Å². The molecule has 0 aliphatic heterocycles. The number of carbonyl (C=O) groups is 1. The average Bonchev–Trinajstić information content (AvgIpc) is 3.22. The van der Waals surface area contributed by atoms with Gasteiger partial charge in [-0.3, -0.25) is 4.79 Å². The minimum absolute atomic E-state index is 0.261. The molecule has 1 aromatic heterocycles. The molecular formula is C18H18ClN5O3. The molecule has 1 amide bonds. The maximum atomic E-state index is 12.6. The van der Waals surface area contributed by atoms with Gasteiger partial charge in [-0.15, -0.1) is 5.10 Å². The van der Waals surface area contributed by atoms with Gasteiger partial charge < -0.3 is 14.8 Å². The van der Waals surface area contributed by atoms with Crippen LogP contribution in [0.15, 0.2) is 42.7 Å². The summed E-state index contributed by atoms with van der Waals surface area (Å²) >= 11 is 6.05. The molecule has 27 heavy (non-hydrogen) atoms. The lowest BCUT2D eigenvalue weighted by atomic mass is 10.1. The lowest BCUT2D eigenvalue weighted by Crippen LogP contribution is -2.27. The molecule has 0 aliphatic rings. The average molecular weight is 388 g/mol. The molecule has 0 aliphatic carbocycles. The summed E-state index contributed by atoms with van der Waals surface area (Å²) in [5, 5.41) is 14.4. The van der Waals surface area contributed by atoms with E-state index in [2.05, 4.69) is 20.8 Å². The minimum atomic E-state index is -0.261. The lowest BCUT2D eigenvalue weighted by Gasteiger charge is -2.11. The number of ether oxygens (including phenoxy) is 2. The van der Waals surface area contributed by atoms with Gasteiger partial charge in [0.05, 0.1) is 25.5 Å². The topological polar surface area (TPSA) is 91.2 Å². The van der Waals surface area contributed by atoms with Gasteiger partial charge in [-0.05, 0) is 52.7 Å². The van der Waals surface area contributed by atoms with Crippen molar-refractivity contribution in [2.45, 2.75) is 6.42 Å². The lowest BCUT2D eigenvalue weighted by molar-refractivity contribution is 0.0954. The predicted octanol–water partition coefficient (Wildman–Crippen LogP) is 2.31. The number of amides is 1. The van der Waals surface area contributed by atoms with E-state index in [-0.39, 0.29) is 5.91 Å². The molecule has 3 aromatic rings. The number of carbonyl (C=O) groups excluding carboxylic acids is 1. The van der Waals surface area contributed by atoms with E-state index in [9.17, 15) is 4.79 Å². The first kappa shape index (κ1) is 18.7. The van der Waals surface area contributed by atoms with Gasteiger partial charge in [0, 0.05) is 11.6 Å². The number of halogens is 1. The van der Waals surface area contributed by atoms with Gasteiger partial charge in [0.25, 0.3) is 5.91 Å². The minimum Gasteiger partial charge on any atom is -0.493 e. The fourth-order valence-corrected chi connectivity index (χ4v) is 2.79. The molecule has 0 atom stereocenters. The van der Waals surface area contributed by atoms with Crippen molar-refractivity contribution in [1.82, 2.24) is 25.5 Å². The van der Waals surface area contributed by atoms with E-state index < -0.39 is 0 Å². The maximum Gasteiger partial charge on any atom is 0.253 e. The maximum absolute atomic E-state index is 12.6. The highest BCUT2D eigenvalue weighted by Gasteiger charge is 2.14. The molecule has 3 rings (SSSR count). The number of hydrogen-bond donors (Lipinski definition) is 1. The van der Waals surface area contributed by atoms with Crippen LogP contribution in [-0.2, 0) is 6.42 Å². The molecule has 8 nitrogen and oxygen atoms in total. The summed E-state index contributed by atoms with van der Waals surface area (Å²) in [4.78, 5) is 12.6. The van der Waals surface area contributed by atoms with Crippen LogP contribution in [0, 0.1) is 0 Å². The summed E-state index contributed by atoms with van der Waals surface area (Å²) in [6.07, 6.45) is 2.05. The third kappa shape index (κ3) is 4.35. The fraction of sp³-hybridized carbons (Fsp3) is 0.222. The monoisotopic (exact) mass is 387 g/mol. The molecule has 0 unspecified atom stereocenters. The van der Waals surface area contributed by atoms with Gasteiger partial charge in [-0.1, -0.05) is 17.7 Å². The molecular weight excluding hydrogens is 370 g/mol. The molecule has 1 N–H and O–H groups in total. The second kappa shape index (κ2) is 8.50. The highest BCUT2D eigenvalue weighted by atomic mass is 35.5. The Morgan fingerprint density at radius 3 is 2.67 bits per heavy atom. The van der Waals surface area contributed by atoms with Crippen LogP contribution in [0.3, 0.4) is 0 Å². The van der Waals surface area contributed by atoms with Crippen LogP contribution in [0.25, 0.3) is 5.69 Å². The first-order valence-electron chi connectivity index (χ1n) is 8.14. The van der Waals surface area contributed by atoms with Crippen molar-refractivity contribution in [1.29, 1.82) is 0 Å². The molecule has 0 saturated heterocycles. The number of nitrogens with zero attached hydrogens (tertiary/aromatic N) is 4. The van der Waals surface area contributed by atoms with Crippen LogP contribution < -0.4 is 14.8 Å². The summed E-state index contributed by atoms with van der Waals surface area (Å²) in [6, 6.07) is 10.6. The van der Waals surface area contributed by atoms with E-state index in [0.717, 1.165) is 5.56 Å². The highest BCUT2D eigenvalue weighted by molar-refractivity contribution is 6.31. The SMILES string of the molecule is COc1ccc(CCNC(=O)c2cc(Cl)ccc2-n2cnnn2)cc1OC. The van der Waals surface area contributed by atoms with E-state index in [1.807, 2.05) is 18.2 Å². The van der Waals surface area contributed by atoms with E-state index in [0.29, 0.717) is 40.7 Å². The quantitative estimate of drug-likeness (QED) is 0.669. The summed E-state index contributed by atoms with van der Waals surface area (Å²) in [6.45, 7) is 0.440. The number of nitrogens with one attached hydrogen (secondary N) is 1. The van der Waals surface area contributed by atoms with Gasteiger partial charge in [-0.25, -0.2) is 0 Å². The number of methoxy groups -OCH3 is 2. The summed E-state index contributed by atoms with van der Waals surface area (Å²) < 4.78 is 11.9. The number of rotatable bonds is 7. The van der Waals surface area contributed by atoms with Crippen molar-refractivity contribution >= 4 is 17.5 Å². The number of benzene rings is 2. The van der Waals surface area contributed by atoms with Crippen molar-refractivity contribution in [3.63, 3.8) is 0 Å². The van der Waals surface area contributed by atoms with E-state index in [1.165, 1.54) is 11.0 Å². The van der Waals surface area contributed by atoms with Crippen LogP contribution in [0.1, 0.15) is 15.9 Å². The normalized spacial score (nSPS) is 10.5. The third-order valence-corrected chi connectivity index (χ3v) is 4.18. The Balaban J connectivity index is 1.69. The second-order valence-electron chi connectivity index (χ2n) is 5.61. The Kier molecular flexibility index (Phi) is 5.87. The zero-order valence-electron chi connectivity index (χ0n) is 14.8. The van der Waals surface area contributed by atoms with Crippen LogP contribution in [0.4, 0.5) is 0 Å². The van der Waals surface area contributed by atoms with E-state index in [4.69, 9.17) is 21.1 Å². The van der Waals surface area contributed by atoms with Crippen molar-refractivity contribution in [2.24, 2.45) is 0 Å². The molecule has 140 valence electrons. The largest absolute Gasteiger partial charge is 0.493 e. The smallest absolute Gasteiger partial charge is 0.253 e. The standard InChI is InChI=1S/C18H18ClN5O3/c1-26-16-6-3-12(9-17(16)27-2)7-8-20-18(25)14-10-13(19)4-5-15(14)24-11-21-22-23-24/h3-6,9-11H,7-8H2,1-2H3,(H,20,25). The molecule has 0 spiro atoms. The predicted molar refractivity (Wildman–Crippen MR) is 99.7 cm³/mol. The van der Waals surface area contributed by atoms with Crippen LogP contribution in [0.5, 0.6) is 11.5 Å². The zero-order chi connectivity index (χ0) is 19.2. The third-order valence-electron chi connectivity index (χ3n) is 3.95. The second-order valence-corrected chi connectivity index (χ2v) is 6.05. The fourth-order valence-electron chi connectivity index (χ4n) is 2.61. The Labute approximate surface area is 161 Å². The van der Waals surface area contributed by atoms with Gasteiger partial charge in [0.1, 0.15) is 6.33 Å². The van der Waals surface area contributed by atoms with Gasteiger partial charge >= 0.3 is 0 Å². The first-order valence-corrected chi connectivity index (χ1v) is 8.52. The van der Waals surface area contributed by atoms with E-state index >= 15 is 0 Å². The van der Waals surface area contributed by atoms with Crippen molar-refractivity contribution in [3.05, 3.63) is 58.9 Å². The van der Waals surface area contributed by atoms with Crippen molar-refractivity contribution < 1.29 is 14.3 Å². The number of hydrogen-bond acceptors (Lipinski definition) is 6. The Morgan fingerprint density at radius 1 is 1.15 bits per heavy atom. The highest BCUT2D eigenvalue weighted by Crippen LogP contribution is 2.27. The zero-order valence-corrected chi connectivity index (χ0v) is 15.6. The molecule has 0 saturated carbocycles. The Hall–Kier alpha value is -3.13. The van der Waals surface area contributed by atoms with Gasteiger partial charge in [0.2, 0.25) is 0 Å². The molecule has 0 fully saturated rings. The Morgan fingerprint density at radius 2 is 1.96 bits per heavy atom. The van der Waals surface area contributed by atoms with Gasteiger partial charge in [-0.2, -0.15) is 4.68 Å². The summed E-state index contributed by atoms with van der Waals surface area (Å²) in [5.74, 6) is 1.05. The molecule has 1 heterocycles. The molecule has 2 aromatic carbocycles. The molecule has 0 radical (unpaired) electrons. The van der Waals surface area contributed by atoms with Crippen LogP contribution >= 0.6 is 11.6 Å². The molecule has 0 bridgehead atoms. The molecule has 9 heteroatoms. The number of aromatic nitrogens is 4. The van der Waals surface area contributed by atoms with Crippen LogP contribution in [-0.4, -0.2) is 46.9 Å². The van der Waals surface area contributed by atoms with Crippen molar-refractivity contribution in [3.8, 4) is 17.2 Å². The summed E-state index contributed by atoms with van der Waals surface area (Å²) in [7, 11) is 3.17. The van der Waals surface area contributed by atoms with Crippen LogP contribution in [0.2, 0.25) is 5.02 Å². The number of tetrazole rings is 1. The summed E-state index contributed by atoms with van der Waals surface area (Å²) in [5.41, 5.74) is 1.95. The Bertz CT molecular complexity index is 931.